The van der Waals surface area contributed by atoms with Crippen LogP contribution < -0.4 is 14.8 Å². The van der Waals surface area contributed by atoms with Crippen LogP contribution >= 0.6 is 11.8 Å². The van der Waals surface area contributed by atoms with Crippen LogP contribution in [0.3, 0.4) is 0 Å². The maximum absolute atomic E-state index is 5.63. The molecule has 0 radical (unpaired) electrons. The molecule has 0 bridgehead atoms. The first-order valence-corrected chi connectivity index (χ1v) is 10.4. The minimum Gasteiger partial charge on any atom is -0.493 e. The lowest BCUT2D eigenvalue weighted by Crippen LogP contribution is -2.58. The van der Waals surface area contributed by atoms with E-state index in [1.54, 1.807) is 13.2 Å². The topological polar surface area (TPSA) is 43.0 Å². The third-order valence-corrected chi connectivity index (χ3v) is 6.37. The Morgan fingerprint density at radius 2 is 2.19 bits per heavy atom. The fourth-order valence-corrected chi connectivity index (χ4v) is 5.14. The number of nitrogens with zero attached hydrogens (tertiary/aromatic N) is 1. The molecule has 1 N–H and O–H groups in total. The predicted octanol–water partition coefficient (Wildman–Crippen LogP) is 2.56. The van der Waals surface area contributed by atoms with Crippen molar-refractivity contribution in [1.82, 2.24) is 10.2 Å². The van der Waals surface area contributed by atoms with Crippen LogP contribution in [0.25, 0.3) is 0 Å². The predicted molar refractivity (Wildman–Crippen MR) is 107 cm³/mol. The molecule has 0 aliphatic carbocycles. The SMILES string of the molecule is C=CCOc1ccc(CNCC2(N3CCOCC3)CCSC2)cc1OC. The zero-order chi connectivity index (χ0) is 18.2. The van der Waals surface area contributed by atoms with Gasteiger partial charge in [-0.1, -0.05) is 18.7 Å². The van der Waals surface area contributed by atoms with Crippen LogP contribution in [0, 0.1) is 0 Å². The lowest BCUT2D eigenvalue weighted by Gasteiger charge is -2.43. The summed E-state index contributed by atoms with van der Waals surface area (Å²) in [7, 11) is 1.68. The molecule has 2 heterocycles. The molecular weight excluding hydrogens is 348 g/mol. The van der Waals surface area contributed by atoms with Crippen LogP contribution in [-0.4, -0.2) is 68.5 Å². The van der Waals surface area contributed by atoms with Crippen molar-refractivity contribution in [3.63, 3.8) is 0 Å². The third kappa shape index (κ3) is 4.74. The van der Waals surface area contributed by atoms with E-state index in [0.29, 0.717) is 6.61 Å². The monoisotopic (exact) mass is 378 g/mol. The second kappa shape index (κ2) is 9.65. The highest BCUT2D eigenvalue weighted by Crippen LogP contribution is 2.34. The van der Waals surface area contributed by atoms with Gasteiger partial charge >= 0.3 is 0 Å². The number of benzene rings is 1. The van der Waals surface area contributed by atoms with Crippen molar-refractivity contribution in [2.24, 2.45) is 0 Å². The molecule has 2 saturated heterocycles. The molecular formula is C20H30N2O3S. The van der Waals surface area contributed by atoms with Gasteiger partial charge < -0.3 is 19.5 Å². The summed E-state index contributed by atoms with van der Waals surface area (Å²) >= 11 is 2.07. The second-order valence-electron chi connectivity index (χ2n) is 6.81. The molecule has 0 aromatic heterocycles. The van der Waals surface area contributed by atoms with Crippen molar-refractivity contribution in [3.8, 4) is 11.5 Å². The van der Waals surface area contributed by atoms with Crippen molar-refractivity contribution in [2.45, 2.75) is 18.5 Å². The maximum Gasteiger partial charge on any atom is 0.161 e. The molecule has 2 aliphatic heterocycles. The van der Waals surface area contributed by atoms with Crippen LogP contribution in [0.5, 0.6) is 11.5 Å². The Balaban J connectivity index is 1.58. The van der Waals surface area contributed by atoms with Crippen LogP contribution in [0.15, 0.2) is 30.9 Å². The molecule has 1 aromatic carbocycles. The highest BCUT2D eigenvalue weighted by Gasteiger charge is 2.40. The van der Waals surface area contributed by atoms with Gasteiger partial charge in [0.25, 0.3) is 0 Å². The fraction of sp³-hybridized carbons (Fsp3) is 0.600. The van der Waals surface area contributed by atoms with E-state index < -0.39 is 0 Å². The molecule has 0 spiro atoms. The van der Waals surface area contributed by atoms with Gasteiger partial charge in [-0.15, -0.1) is 0 Å². The summed E-state index contributed by atoms with van der Waals surface area (Å²) in [4.78, 5) is 2.64. The van der Waals surface area contributed by atoms with Crippen molar-refractivity contribution < 1.29 is 14.2 Å². The van der Waals surface area contributed by atoms with Gasteiger partial charge in [0.05, 0.1) is 20.3 Å². The van der Waals surface area contributed by atoms with E-state index in [1.165, 1.54) is 23.5 Å². The number of hydrogen-bond acceptors (Lipinski definition) is 6. The lowest BCUT2D eigenvalue weighted by molar-refractivity contribution is -0.0134. The van der Waals surface area contributed by atoms with E-state index in [4.69, 9.17) is 14.2 Å². The molecule has 6 heteroatoms. The Labute approximate surface area is 161 Å². The molecule has 3 rings (SSSR count). The van der Waals surface area contributed by atoms with Crippen molar-refractivity contribution in [1.29, 1.82) is 0 Å². The highest BCUT2D eigenvalue weighted by atomic mass is 32.2. The number of rotatable bonds is 9. The normalized spacial score (nSPS) is 23.7. The van der Waals surface area contributed by atoms with E-state index in [1.807, 2.05) is 6.07 Å². The van der Waals surface area contributed by atoms with Gasteiger partial charge in [-0.25, -0.2) is 0 Å². The largest absolute Gasteiger partial charge is 0.493 e. The van der Waals surface area contributed by atoms with Gasteiger partial charge in [-0.3, -0.25) is 4.90 Å². The van der Waals surface area contributed by atoms with E-state index >= 15 is 0 Å². The Morgan fingerprint density at radius 1 is 1.35 bits per heavy atom. The number of hydrogen-bond donors (Lipinski definition) is 1. The summed E-state index contributed by atoms with van der Waals surface area (Å²) in [6.07, 6.45) is 2.99. The molecule has 144 valence electrons. The summed E-state index contributed by atoms with van der Waals surface area (Å²) in [5.41, 5.74) is 1.47. The first-order valence-electron chi connectivity index (χ1n) is 9.29. The highest BCUT2D eigenvalue weighted by molar-refractivity contribution is 7.99. The van der Waals surface area contributed by atoms with Crippen LogP contribution in [0.4, 0.5) is 0 Å². The molecule has 1 aromatic rings. The van der Waals surface area contributed by atoms with Crippen LogP contribution in [0.1, 0.15) is 12.0 Å². The number of morpholine rings is 1. The first-order chi connectivity index (χ1) is 12.8. The van der Waals surface area contributed by atoms with Crippen molar-refractivity contribution in [2.75, 3.05) is 58.1 Å². The zero-order valence-corrected chi connectivity index (χ0v) is 16.5. The van der Waals surface area contributed by atoms with Gasteiger partial charge in [0.1, 0.15) is 6.61 Å². The van der Waals surface area contributed by atoms with E-state index in [-0.39, 0.29) is 5.54 Å². The average molecular weight is 379 g/mol. The Hall–Kier alpha value is -1.21. The molecule has 1 atom stereocenters. The second-order valence-corrected chi connectivity index (χ2v) is 7.92. The minimum atomic E-state index is 0.269. The molecule has 1 unspecified atom stereocenters. The number of methoxy groups -OCH3 is 1. The summed E-state index contributed by atoms with van der Waals surface area (Å²) in [5.74, 6) is 3.98. The van der Waals surface area contributed by atoms with Crippen molar-refractivity contribution >= 4 is 11.8 Å². The number of ether oxygens (including phenoxy) is 3. The van der Waals surface area contributed by atoms with Crippen LogP contribution in [-0.2, 0) is 11.3 Å². The molecule has 26 heavy (non-hydrogen) atoms. The first kappa shape index (κ1) is 19.5. The number of thioether (sulfide) groups is 1. The molecule has 2 aliphatic rings. The Bertz CT molecular complexity index is 584. The van der Waals surface area contributed by atoms with Gasteiger partial charge in [-0.05, 0) is 29.9 Å². The standard InChI is InChI=1S/C20H30N2O3S/c1-3-9-25-18-5-4-17(13-19(18)23-2)14-21-15-20(6-12-26-16-20)22-7-10-24-11-8-22/h3-5,13,21H,1,6-12,14-16H2,2H3. The zero-order valence-electron chi connectivity index (χ0n) is 15.7. The Kier molecular flexibility index (Phi) is 7.25. The molecule has 0 saturated carbocycles. The summed E-state index contributed by atoms with van der Waals surface area (Å²) in [6.45, 7) is 9.81. The minimum absolute atomic E-state index is 0.269. The molecule has 2 fully saturated rings. The van der Waals surface area contributed by atoms with E-state index in [0.717, 1.165) is 50.9 Å². The summed E-state index contributed by atoms with van der Waals surface area (Å²) in [5, 5.41) is 3.69. The average Bonchev–Trinajstić information content (AvgIpc) is 3.17. The van der Waals surface area contributed by atoms with Gasteiger partial charge in [0, 0.05) is 37.5 Å². The van der Waals surface area contributed by atoms with Crippen LogP contribution in [0.2, 0.25) is 0 Å². The summed E-state index contributed by atoms with van der Waals surface area (Å²) in [6, 6.07) is 6.12. The van der Waals surface area contributed by atoms with Gasteiger partial charge in [-0.2, -0.15) is 11.8 Å². The lowest BCUT2D eigenvalue weighted by atomic mass is 9.95. The van der Waals surface area contributed by atoms with Gasteiger partial charge in [0.15, 0.2) is 11.5 Å². The van der Waals surface area contributed by atoms with Gasteiger partial charge in [0.2, 0.25) is 0 Å². The maximum atomic E-state index is 5.63. The fourth-order valence-electron chi connectivity index (χ4n) is 3.66. The van der Waals surface area contributed by atoms with Crippen molar-refractivity contribution in [3.05, 3.63) is 36.4 Å². The van der Waals surface area contributed by atoms with E-state index in [2.05, 4.69) is 40.7 Å². The Morgan fingerprint density at radius 3 is 2.88 bits per heavy atom. The molecule has 5 nitrogen and oxygen atoms in total. The quantitative estimate of drug-likeness (QED) is 0.666. The number of nitrogens with one attached hydrogen (secondary N) is 1. The van der Waals surface area contributed by atoms with E-state index in [9.17, 15) is 0 Å². The summed E-state index contributed by atoms with van der Waals surface area (Å²) < 4.78 is 16.6. The molecule has 0 amide bonds. The smallest absolute Gasteiger partial charge is 0.161 e. The third-order valence-electron chi connectivity index (χ3n) is 5.13.